The van der Waals surface area contributed by atoms with Crippen molar-refractivity contribution in [1.29, 1.82) is 5.26 Å². The van der Waals surface area contributed by atoms with Crippen LogP contribution in [0.15, 0.2) is 33.7 Å². The average molecular weight is 493 g/mol. The SMILES string of the molecule is C=NS(=O)(=O)c1cn(C)c(C(=O)Nc2ccc(F)c(C#N)c2)c1OCC[C@H](O)C#CC(C)(C)F. The highest BCUT2D eigenvalue weighted by molar-refractivity contribution is 7.90. The number of nitriles is 1. The zero-order valence-electron chi connectivity index (χ0n) is 18.6. The van der Waals surface area contributed by atoms with Gasteiger partial charge in [0.25, 0.3) is 15.9 Å². The van der Waals surface area contributed by atoms with Crippen LogP contribution in [0.4, 0.5) is 14.5 Å². The van der Waals surface area contributed by atoms with Gasteiger partial charge in [-0.05, 0) is 32.0 Å². The molecule has 0 fully saturated rings. The number of aliphatic hydroxyl groups excluding tert-OH is 1. The first kappa shape index (κ1) is 26.5. The van der Waals surface area contributed by atoms with Gasteiger partial charge in [0.1, 0.15) is 22.9 Å². The molecule has 12 heteroatoms. The van der Waals surface area contributed by atoms with Crippen LogP contribution in [0.3, 0.4) is 0 Å². The normalized spacial score (nSPS) is 12.1. The van der Waals surface area contributed by atoms with Gasteiger partial charge in [-0.25, -0.2) is 8.78 Å². The maximum Gasteiger partial charge on any atom is 0.286 e. The lowest BCUT2D eigenvalue weighted by molar-refractivity contribution is 0.101. The van der Waals surface area contributed by atoms with Crippen molar-refractivity contribution in [2.24, 2.45) is 11.4 Å². The second-order valence-electron chi connectivity index (χ2n) is 7.54. The van der Waals surface area contributed by atoms with E-state index in [1.165, 1.54) is 31.5 Å². The van der Waals surface area contributed by atoms with Gasteiger partial charge in [0, 0.05) is 32.1 Å². The van der Waals surface area contributed by atoms with Crippen molar-refractivity contribution in [3.05, 3.63) is 41.5 Å². The summed E-state index contributed by atoms with van der Waals surface area (Å²) in [4.78, 5) is 12.5. The van der Waals surface area contributed by atoms with Gasteiger partial charge < -0.3 is 19.7 Å². The Labute approximate surface area is 195 Å². The van der Waals surface area contributed by atoms with Gasteiger partial charge in [0.2, 0.25) is 0 Å². The third-order valence-corrected chi connectivity index (χ3v) is 5.47. The molecule has 0 aliphatic heterocycles. The van der Waals surface area contributed by atoms with E-state index in [2.05, 4.69) is 28.3 Å². The van der Waals surface area contributed by atoms with Gasteiger partial charge >= 0.3 is 0 Å². The highest BCUT2D eigenvalue weighted by Crippen LogP contribution is 2.32. The molecule has 2 aromatic rings. The number of aliphatic hydroxyl groups is 1. The lowest BCUT2D eigenvalue weighted by atomic mass is 10.1. The Hall–Kier alpha value is -3.74. The van der Waals surface area contributed by atoms with E-state index in [1.807, 2.05) is 0 Å². The van der Waals surface area contributed by atoms with Gasteiger partial charge in [0.15, 0.2) is 17.1 Å². The molecule has 9 nitrogen and oxygen atoms in total. The number of nitrogens with zero attached hydrogens (tertiary/aromatic N) is 3. The minimum absolute atomic E-state index is 0.0842. The van der Waals surface area contributed by atoms with E-state index in [4.69, 9.17) is 10.00 Å². The van der Waals surface area contributed by atoms with Crippen molar-refractivity contribution in [2.45, 2.75) is 36.9 Å². The molecule has 1 amide bonds. The molecule has 0 bridgehead atoms. The number of ether oxygens (including phenoxy) is 1. The van der Waals surface area contributed by atoms with Gasteiger partial charge in [-0.15, -0.1) is 0 Å². The molecule has 1 aromatic carbocycles. The summed E-state index contributed by atoms with van der Waals surface area (Å²) in [6.07, 6.45) is -0.289. The van der Waals surface area contributed by atoms with E-state index < -0.39 is 38.4 Å². The number of alkyl halides is 1. The summed E-state index contributed by atoms with van der Waals surface area (Å²) in [5.74, 6) is 2.59. The van der Waals surface area contributed by atoms with E-state index in [9.17, 15) is 27.1 Å². The van der Waals surface area contributed by atoms with Crippen molar-refractivity contribution in [1.82, 2.24) is 4.57 Å². The van der Waals surface area contributed by atoms with Crippen molar-refractivity contribution in [2.75, 3.05) is 11.9 Å². The van der Waals surface area contributed by atoms with Gasteiger partial charge in [-0.1, -0.05) is 11.8 Å². The molecule has 34 heavy (non-hydrogen) atoms. The van der Waals surface area contributed by atoms with E-state index in [-0.39, 0.29) is 35.7 Å². The number of benzene rings is 1. The Kier molecular flexibility index (Phi) is 8.16. The van der Waals surface area contributed by atoms with Crippen LogP contribution >= 0.6 is 0 Å². The minimum Gasteiger partial charge on any atom is -0.490 e. The summed E-state index contributed by atoms with van der Waals surface area (Å²) in [5.41, 5.74) is -2.25. The summed E-state index contributed by atoms with van der Waals surface area (Å²) in [6.45, 7) is 5.19. The molecule has 0 aliphatic carbocycles. The number of hydrogen-bond donors (Lipinski definition) is 2. The molecule has 180 valence electrons. The molecule has 1 heterocycles. The lowest BCUT2D eigenvalue weighted by Crippen LogP contribution is -2.18. The number of aryl methyl sites for hydroxylation is 1. The summed E-state index contributed by atoms with van der Waals surface area (Å²) >= 11 is 0. The van der Waals surface area contributed by atoms with E-state index in [0.717, 1.165) is 18.3 Å². The first-order valence-electron chi connectivity index (χ1n) is 9.75. The fourth-order valence-corrected chi connectivity index (χ4v) is 3.53. The molecule has 0 unspecified atom stereocenters. The van der Waals surface area contributed by atoms with Crippen LogP contribution in [0.5, 0.6) is 5.75 Å². The van der Waals surface area contributed by atoms with Crippen LogP contribution in [-0.2, 0) is 17.1 Å². The highest BCUT2D eigenvalue weighted by Gasteiger charge is 2.29. The maximum atomic E-state index is 13.6. The van der Waals surface area contributed by atoms with Gasteiger partial charge in [-0.3, -0.25) is 4.79 Å². The summed E-state index contributed by atoms with van der Waals surface area (Å²) in [5, 5.41) is 21.3. The van der Waals surface area contributed by atoms with Gasteiger partial charge in [-0.2, -0.15) is 18.1 Å². The monoisotopic (exact) mass is 492 g/mol. The number of halogens is 2. The number of hydrogen-bond acceptors (Lipinski definition) is 6. The number of anilines is 1. The molecule has 0 saturated heterocycles. The third-order valence-electron chi connectivity index (χ3n) is 4.28. The average Bonchev–Trinajstić information content (AvgIpc) is 3.10. The lowest BCUT2D eigenvalue weighted by Gasteiger charge is -2.12. The van der Waals surface area contributed by atoms with E-state index >= 15 is 0 Å². The van der Waals surface area contributed by atoms with Crippen molar-refractivity contribution in [3.8, 4) is 23.7 Å². The quantitative estimate of drug-likeness (QED) is 0.430. The molecular weight excluding hydrogens is 470 g/mol. The van der Waals surface area contributed by atoms with Crippen LogP contribution in [0.25, 0.3) is 0 Å². The van der Waals surface area contributed by atoms with Crippen molar-refractivity contribution in [3.63, 3.8) is 0 Å². The molecule has 2 rings (SSSR count). The van der Waals surface area contributed by atoms with Crippen molar-refractivity contribution < 1.29 is 31.8 Å². The first-order chi connectivity index (χ1) is 15.8. The fourth-order valence-electron chi connectivity index (χ4n) is 2.71. The molecule has 0 radical (unpaired) electrons. The summed E-state index contributed by atoms with van der Waals surface area (Å²) in [7, 11) is -2.89. The van der Waals surface area contributed by atoms with Crippen LogP contribution < -0.4 is 10.1 Å². The molecular formula is C22H22F2N4O5S. The van der Waals surface area contributed by atoms with Gasteiger partial charge in [0.05, 0.1) is 12.2 Å². The highest BCUT2D eigenvalue weighted by atomic mass is 32.2. The number of carbonyl (C=O) groups excluding carboxylic acids is 1. The summed E-state index contributed by atoms with van der Waals surface area (Å²) in [6, 6.07) is 4.98. The van der Waals surface area contributed by atoms with E-state index in [1.54, 1.807) is 6.07 Å². The largest absolute Gasteiger partial charge is 0.490 e. The number of rotatable bonds is 8. The first-order valence-corrected chi connectivity index (χ1v) is 11.2. The molecule has 1 aromatic heterocycles. The topological polar surface area (TPSA) is 134 Å². The molecule has 0 spiro atoms. The maximum absolute atomic E-state index is 13.6. The predicted octanol–water partition coefficient (Wildman–Crippen LogP) is 2.56. The second kappa shape index (κ2) is 10.5. The Morgan fingerprint density at radius 3 is 2.71 bits per heavy atom. The Bertz CT molecular complexity index is 1310. The minimum atomic E-state index is -4.28. The van der Waals surface area contributed by atoms with Crippen LogP contribution in [0.1, 0.15) is 36.3 Å². The fraction of sp³-hybridized carbons (Fsp3) is 0.318. The third kappa shape index (κ3) is 6.63. The second-order valence-corrected chi connectivity index (χ2v) is 9.19. The Morgan fingerprint density at radius 1 is 1.44 bits per heavy atom. The van der Waals surface area contributed by atoms with E-state index in [0.29, 0.717) is 0 Å². The van der Waals surface area contributed by atoms with Crippen molar-refractivity contribution >= 4 is 28.3 Å². The molecule has 0 aliphatic rings. The number of aromatic nitrogens is 1. The van der Waals surface area contributed by atoms with Crippen LogP contribution in [0, 0.1) is 29.0 Å². The standard InChI is InChI=1S/C22H22F2N4O5S/c1-22(2,24)9-7-16(29)8-10-33-20-18(34(31,32)26-3)13-28(4)19(20)21(30)27-15-5-6-17(23)14(11-15)12-25/h5-6,11,13,16,29H,3,8,10H2,1-2,4H3,(H,27,30)/t16-/m1/s1. The molecule has 1 atom stereocenters. The van der Waals surface area contributed by atoms with Crippen LogP contribution in [0.2, 0.25) is 0 Å². The molecule has 0 saturated carbocycles. The Morgan fingerprint density at radius 2 is 2.12 bits per heavy atom. The number of carbonyl (C=O) groups is 1. The Balaban J connectivity index is 2.36. The molecule has 2 N–H and O–H groups in total. The number of amides is 1. The van der Waals surface area contributed by atoms with Crippen LogP contribution in [-0.4, -0.2) is 49.1 Å². The smallest absolute Gasteiger partial charge is 0.286 e. The zero-order valence-corrected chi connectivity index (χ0v) is 19.4. The number of nitrogens with one attached hydrogen (secondary N) is 1. The summed E-state index contributed by atoms with van der Waals surface area (Å²) < 4.78 is 61.5. The predicted molar refractivity (Wildman–Crippen MR) is 120 cm³/mol. The number of sulfonamides is 1. The zero-order chi connectivity index (χ0) is 25.7.